The number of nitrogens with zero attached hydrogens (tertiary/aromatic N) is 1. The number of rotatable bonds is 10. The van der Waals surface area contributed by atoms with Gasteiger partial charge in [-0.3, -0.25) is 0 Å². The van der Waals surface area contributed by atoms with Gasteiger partial charge in [0.1, 0.15) is 0 Å². The summed E-state index contributed by atoms with van der Waals surface area (Å²) in [5.74, 6) is 1.32. The molecular formula is C14H31NO2S. The highest BCUT2D eigenvalue weighted by Crippen LogP contribution is 2.20. The third-order valence-corrected chi connectivity index (χ3v) is 4.98. The molecule has 0 aliphatic carbocycles. The normalized spacial score (nSPS) is 14.1. The Bertz CT molecular complexity index is 220. The van der Waals surface area contributed by atoms with Crippen LogP contribution in [0.25, 0.3) is 0 Å². The molecule has 0 aromatic rings. The summed E-state index contributed by atoms with van der Waals surface area (Å²) < 4.78 is 14.2. The summed E-state index contributed by atoms with van der Waals surface area (Å²) in [6, 6.07) is 0. The van der Waals surface area contributed by atoms with Gasteiger partial charge in [0.15, 0.2) is 0 Å². The molecule has 0 aromatic heterocycles. The molecule has 0 rings (SSSR count). The van der Waals surface area contributed by atoms with Crippen molar-refractivity contribution in [2.75, 3.05) is 20.2 Å². The zero-order valence-electron chi connectivity index (χ0n) is 12.7. The minimum absolute atomic E-state index is 0.0727. The molecule has 110 valence electrons. The van der Waals surface area contributed by atoms with Crippen molar-refractivity contribution >= 4 is 11.0 Å². The highest BCUT2D eigenvalue weighted by molar-refractivity contribution is 7.83. The fourth-order valence-corrected chi connectivity index (χ4v) is 3.32. The Balaban J connectivity index is 4.37. The first-order chi connectivity index (χ1) is 8.38. The first-order valence-electron chi connectivity index (χ1n) is 7.11. The molecule has 0 amide bonds. The van der Waals surface area contributed by atoms with E-state index in [2.05, 4.69) is 27.7 Å². The van der Waals surface area contributed by atoms with Crippen molar-refractivity contribution in [1.29, 1.82) is 0 Å². The van der Waals surface area contributed by atoms with Gasteiger partial charge in [0.2, 0.25) is 0 Å². The van der Waals surface area contributed by atoms with E-state index in [0.717, 1.165) is 25.7 Å². The zero-order valence-corrected chi connectivity index (χ0v) is 13.5. The van der Waals surface area contributed by atoms with E-state index in [4.69, 9.17) is 5.11 Å². The van der Waals surface area contributed by atoms with Crippen molar-refractivity contribution in [2.24, 2.45) is 11.8 Å². The van der Waals surface area contributed by atoms with E-state index >= 15 is 0 Å². The fourth-order valence-electron chi connectivity index (χ4n) is 1.87. The second-order valence-corrected chi connectivity index (χ2v) is 7.76. The maximum atomic E-state index is 12.4. The van der Waals surface area contributed by atoms with Gasteiger partial charge in [-0.05, 0) is 44.6 Å². The lowest BCUT2D eigenvalue weighted by Crippen LogP contribution is -2.32. The van der Waals surface area contributed by atoms with Crippen LogP contribution < -0.4 is 0 Å². The van der Waals surface area contributed by atoms with Crippen molar-refractivity contribution in [3.8, 4) is 0 Å². The van der Waals surface area contributed by atoms with E-state index in [9.17, 15) is 4.21 Å². The molecule has 1 unspecified atom stereocenters. The standard InChI is InChI=1S/C14H31NO2S/c1-12(2)6-8-14(9-7-13(3)4)18(17)15(5)10-11-16/h12-14,16H,6-11H2,1-5H3. The SMILES string of the molecule is CC(C)CCC(CCC(C)C)S(=O)N(C)CCO. The van der Waals surface area contributed by atoms with Crippen LogP contribution in [0.1, 0.15) is 53.4 Å². The van der Waals surface area contributed by atoms with Crippen LogP contribution in [0.4, 0.5) is 0 Å². The van der Waals surface area contributed by atoms with Crippen LogP contribution in [0.5, 0.6) is 0 Å². The van der Waals surface area contributed by atoms with E-state index in [1.54, 1.807) is 4.31 Å². The average Bonchev–Trinajstić information content (AvgIpc) is 2.28. The van der Waals surface area contributed by atoms with Gasteiger partial charge < -0.3 is 5.11 Å². The van der Waals surface area contributed by atoms with E-state index in [0.29, 0.717) is 18.4 Å². The molecule has 0 heterocycles. The lowest BCUT2D eigenvalue weighted by Gasteiger charge is -2.24. The molecule has 1 atom stereocenters. The molecule has 1 N–H and O–H groups in total. The van der Waals surface area contributed by atoms with Crippen LogP contribution in [0.2, 0.25) is 0 Å². The smallest absolute Gasteiger partial charge is 0.0972 e. The van der Waals surface area contributed by atoms with Crippen molar-refractivity contribution < 1.29 is 9.32 Å². The summed E-state index contributed by atoms with van der Waals surface area (Å²) in [6.07, 6.45) is 4.29. The summed E-state index contributed by atoms with van der Waals surface area (Å²) in [6.45, 7) is 9.40. The Hall–Kier alpha value is 0.0700. The highest BCUT2D eigenvalue weighted by Gasteiger charge is 2.21. The van der Waals surface area contributed by atoms with E-state index < -0.39 is 11.0 Å². The first-order valence-corrected chi connectivity index (χ1v) is 8.28. The van der Waals surface area contributed by atoms with Crippen LogP contribution in [-0.4, -0.2) is 39.1 Å². The van der Waals surface area contributed by atoms with E-state index in [1.807, 2.05) is 7.05 Å². The molecule has 0 fully saturated rings. The number of likely N-dealkylation sites (N-methyl/N-ethyl adjacent to an activating group) is 1. The van der Waals surface area contributed by atoms with E-state index in [-0.39, 0.29) is 11.9 Å². The molecule has 0 radical (unpaired) electrons. The van der Waals surface area contributed by atoms with Crippen LogP contribution in [0, 0.1) is 11.8 Å². The Kier molecular flexibility index (Phi) is 9.97. The maximum absolute atomic E-state index is 12.4. The van der Waals surface area contributed by atoms with Gasteiger partial charge in [0.05, 0.1) is 17.6 Å². The van der Waals surface area contributed by atoms with Crippen molar-refractivity contribution in [3.63, 3.8) is 0 Å². The Morgan fingerprint density at radius 2 is 1.44 bits per heavy atom. The van der Waals surface area contributed by atoms with Gasteiger partial charge in [-0.1, -0.05) is 27.7 Å². The van der Waals surface area contributed by atoms with Crippen LogP contribution in [-0.2, 0) is 11.0 Å². The maximum Gasteiger partial charge on any atom is 0.0972 e. The molecule has 0 aromatic carbocycles. The van der Waals surface area contributed by atoms with Gasteiger partial charge in [0, 0.05) is 11.8 Å². The van der Waals surface area contributed by atoms with Crippen LogP contribution >= 0.6 is 0 Å². The van der Waals surface area contributed by atoms with Gasteiger partial charge in [0.25, 0.3) is 0 Å². The zero-order chi connectivity index (χ0) is 14.1. The Morgan fingerprint density at radius 3 is 1.78 bits per heavy atom. The van der Waals surface area contributed by atoms with Crippen molar-refractivity contribution in [1.82, 2.24) is 4.31 Å². The molecule has 0 aliphatic rings. The number of aliphatic hydroxyl groups excluding tert-OH is 1. The summed E-state index contributed by atoms with van der Waals surface area (Å²) in [4.78, 5) is 0. The molecule has 0 aliphatic heterocycles. The predicted molar refractivity (Wildman–Crippen MR) is 79.8 cm³/mol. The fraction of sp³-hybridized carbons (Fsp3) is 1.00. The molecule has 0 spiro atoms. The summed E-state index contributed by atoms with van der Waals surface area (Å²) in [5.41, 5.74) is 0. The summed E-state index contributed by atoms with van der Waals surface area (Å²) in [7, 11) is 0.875. The number of aliphatic hydroxyl groups is 1. The molecule has 0 saturated carbocycles. The van der Waals surface area contributed by atoms with Gasteiger partial charge in [-0.25, -0.2) is 8.51 Å². The minimum Gasteiger partial charge on any atom is -0.395 e. The van der Waals surface area contributed by atoms with Gasteiger partial charge in [-0.15, -0.1) is 0 Å². The topological polar surface area (TPSA) is 40.5 Å². The predicted octanol–water partition coefficient (Wildman–Crippen LogP) is 2.82. The molecule has 0 bridgehead atoms. The van der Waals surface area contributed by atoms with Crippen molar-refractivity contribution in [2.45, 2.75) is 58.6 Å². The Morgan fingerprint density at radius 1 is 1.00 bits per heavy atom. The van der Waals surface area contributed by atoms with Crippen molar-refractivity contribution in [3.05, 3.63) is 0 Å². The second-order valence-electron chi connectivity index (χ2n) is 5.92. The van der Waals surface area contributed by atoms with Crippen LogP contribution in [0.3, 0.4) is 0 Å². The monoisotopic (exact) mass is 277 g/mol. The second kappa shape index (κ2) is 9.93. The van der Waals surface area contributed by atoms with Crippen LogP contribution in [0.15, 0.2) is 0 Å². The summed E-state index contributed by atoms with van der Waals surface area (Å²) in [5, 5.41) is 9.17. The minimum atomic E-state index is -0.962. The molecular weight excluding hydrogens is 246 g/mol. The third-order valence-electron chi connectivity index (χ3n) is 3.14. The number of hydrogen-bond donors (Lipinski definition) is 1. The highest BCUT2D eigenvalue weighted by atomic mass is 32.2. The first kappa shape index (κ1) is 18.1. The molecule has 3 nitrogen and oxygen atoms in total. The Labute approximate surface area is 116 Å². The average molecular weight is 277 g/mol. The quantitative estimate of drug-likeness (QED) is 0.667. The lowest BCUT2D eigenvalue weighted by atomic mass is 10.0. The molecule has 18 heavy (non-hydrogen) atoms. The molecule has 0 saturated heterocycles. The largest absolute Gasteiger partial charge is 0.395 e. The van der Waals surface area contributed by atoms with Gasteiger partial charge in [-0.2, -0.15) is 0 Å². The molecule has 4 heteroatoms. The number of hydrogen-bond acceptors (Lipinski definition) is 2. The summed E-state index contributed by atoms with van der Waals surface area (Å²) >= 11 is 0. The van der Waals surface area contributed by atoms with Gasteiger partial charge >= 0.3 is 0 Å². The third kappa shape index (κ3) is 8.22. The van der Waals surface area contributed by atoms with E-state index in [1.165, 1.54) is 0 Å². The lowest BCUT2D eigenvalue weighted by molar-refractivity contribution is 0.269.